The van der Waals surface area contributed by atoms with Gasteiger partial charge in [-0.05, 0) is 103 Å². The van der Waals surface area contributed by atoms with E-state index >= 15 is 0 Å². The van der Waals surface area contributed by atoms with Crippen LogP contribution in [-0.2, 0) is 23.7 Å². The minimum Gasteiger partial charge on any atom is -0.394 e. The second-order valence-electron chi connectivity index (χ2n) is 21.8. The van der Waals surface area contributed by atoms with Crippen LogP contribution in [0.4, 0.5) is 0 Å². The van der Waals surface area contributed by atoms with Gasteiger partial charge in [0.05, 0.1) is 32.0 Å². The first-order valence-corrected chi connectivity index (χ1v) is 32.1. The zero-order valence-corrected chi connectivity index (χ0v) is 51.3. The summed E-state index contributed by atoms with van der Waals surface area (Å²) < 4.78 is 22.7. The monoisotopic (exact) mass is 1180 g/mol. The van der Waals surface area contributed by atoms with Crippen molar-refractivity contribution in [1.82, 2.24) is 5.32 Å². The van der Waals surface area contributed by atoms with E-state index in [2.05, 4.69) is 153 Å². The van der Waals surface area contributed by atoms with Crippen molar-refractivity contribution in [2.75, 3.05) is 19.8 Å². The molecule has 1 amide bonds. The number of unbranched alkanes of at least 4 members (excludes halogenated alkanes) is 14. The van der Waals surface area contributed by atoms with E-state index < -0.39 is 86.8 Å². The summed E-state index contributed by atoms with van der Waals surface area (Å²) in [6, 6.07) is -0.935. The Hall–Kier alpha value is -4.13. The number of carbonyl (C=O) groups is 1. The van der Waals surface area contributed by atoms with Crippen LogP contribution in [0, 0.1) is 0 Å². The van der Waals surface area contributed by atoms with Gasteiger partial charge in [0.2, 0.25) is 5.91 Å². The van der Waals surface area contributed by atoms with Crippen molar-refractivity contribution >= 4 is 5.91 Å². The van der Waals surface area contributed by atoms with Crippen LogP contribution in [0.1, 0.15) is 194 Å². The summed E-state index contributed by atoms with van der Waals surface area (Å²) in [6.07, 6.45) is 63.3. The quantitative estimate of drug-likeness (QED) is 0.0204. The van der Waals surface area contributed by atoms with E-state index in [1.54, 1.807) is 6.08 Å². The molecule has 476 valence electrons. The number of rotatable bonds is 49. The molecular formula is C70H113NO13. The number of aliphatic hydroxyl groups excluding tert-OH is 8. The lowest BCUT2D eigenvalue weighted by atomic mass is 9.97. The van der Waals surface area contributed by atoms with Crippen LogP contribution in [0.25, 0.3) is 0 Å². The van der Waals surface area contributed by atoms with Crippen molar-refractivity contribution in [2.45, 2.75) is 267 Å². The highest BCUT2D eigenvalue weighted by Gasteiger charge is 2.51. The first-order chi connectivity index (χ1) is 41.1. The molecule has 14 heteroatoms. The fourth-order valence-corrected chi connectivity index (χ4v) is 9.41. The van der Waals surface area contributed by atoms with Crippen LogP contribution in [0.2, 0.25) is 0 Å². The minimum absolute atomic E-state index is 0.249. The predicted octanol–water partition coefficient (Wildman–Crippen LogP) is 12.1. The summed E-state index contributed by atoms with van der Waals surface area (Å²) in [4.78, 5) is 13.2. The van der Waals surface area contributed by atoms with Crippen molar-refractivity contribution in [3.05, 3.63) is 146 Å². The van der Waals surface area contributed by atoms with Crippen LogP contribution in [0.15, 0.2) is 146 Å². The summed E-state index contributed by atoms with van der Waals surface area (Å²) in [5.74, 6) is -0.267. The number of amides is 1. The molecule has 0 spiro atoms. The lowest BCUT2D eigenvalue weighted by Crippen LogP contribution is -2.65. The van der Waals surface area contributed by atoms with Crippen molar-refractivity contribution in [2.24, 2.45) is 0 Å². The fraction of sp³-hybridized carbons (Fsp3) is 0.643. The Balaban J connectivity index is 1.64. The van der Waals surface area contributed by atoms with Gasteiger partial charge in [0, 0.05) is 6.42 Å². The Morgan fingerprint density at radius 1 is 0.440 bits per heavy atom. The normalized spacial score (nSPS) is 24.7. The van der Waals surface area contributed by atoms with Crippen LogP contribution in [0.3, 0.4) is 0 Å². The number of hydrogen-bond donors (Lipinski definition) is 9. The van der Waals surface area contributed by atoms with Crippen LogP contribution in [0.5, 0.6) is 0 Å². The summed E-state index contributed by atoms with van der Waals surface area (Å²) >= 11 is 0. The van der Waals surface area contributed by atoms with E-state index in [1.807, 2.05) is 6.08 Å². The van der Waals surface area contributed by atoms with Gasteiger partial charge in [-0.25, -0.2) is 0 Å². The summed E-state index contributed by atoms with van der Waals surface area (Å²) in [5, 5.41) is 87.0. The molecular weight excluding hydrogens is 1060 g/mol. The second kappa shape index (κ2) is 53.1. The Labute approximate surface area is 506 Å². The highest BCUT2D eigenvalue weighted by molar-refractivity contribution is 5.76. The van der Waals surface area contributed by atoms with Crippen LogP contribution >= 0.6 is 0 Å². The zero-order valence-electron chi connectivity index (χ0n) is 51.3. The molecule has 2 heterocycles. The van der Waals surface area contributed by atoms with E-state index in [1.165, 1.54) is 38.5 Å². The molecule has 0 aromatic heterocycles. The number of hydrogen-bond acceptors (Lipinski definition) is 13. The first-order valence-electron chi connectivity index (χ1n) is 32.1. The molecule has 0 saturated carbocycles. The molecule has 0 bridgehead atoms. The van der Waals surface area contributed by atoms with E-state index in [0.717, 1.165) is 128 Å². The van der Waals surface area contributed by atoms with Gasteiger partial charge in [0.1, 0.15) is 48.8 Å². The average molecular weight is 1180 g/mol. The fourth-order valence-electron chi connectivity index (χ4n) is 9.41. The topological polar surface area (TPSA) is 228 Å². The third-order valence-corrected chi connectivity index (χ3v) is 14.5. The smallest absolute Gasteiger partial charge is 0.220 e. The number of nitrogens with one attached hydrogen (secondary N) is 1. The summed E-state index contributed by atoms with van der Waals surface area (Å²) in [5.41, 5.74) is 0. The van der Waals surface area contributed by atoms with Crippen molar-refractivity contribution in [1.29, 1.82) is 0 Å². The van der Waals surface area contributed by atoms with Gasteiger partial charge >= 0.3 is 0 Å². The molecule has 0 aromatic rings. The van der Waals surface area contributed by atoms with Crippen molar-refractivity contribution in [3.63, 3.8) is 0 Å². The van der Waals surface area contributed by atoms with E-state index in [4.69, 9.17) is 18.9 Å². The molecule has 0 aromatic carbocycles. The highest BCUT2D eigenvalue weighted by atomic mass is 16.7. The Bertz CT molecular complexity index is 1970. The van der Waals surface area contributed by atoms with Crippen LogP contribution < -0.4 is 5.32 Å². The zero-order chi connectivity index (χ0) is 60.9. The molecule has 2 aliphatic rings. The van der Waals surface area contributed by atoms with E-state index in [0.29, 0.717) is 6.42 Å². The van der Waals surface area contributed by atoms with E-state index in [-0.39, 0.29) is 18.9 Å². The van der Waals surface area contributed by atoms with Gasteiger partial charge < -0.3 is 65.1 Å². The SMILES string of the molecule is CC/C=C\C/C=C\C/C=C\C/C=C\C/C=C\C/C=C\C/C=C\C/C=C\C/C=C\C/C=C\C/C=C\CCCCCCCC(=O)NC(COC1OC(CO)C(OC2OC(CO)C(O)C(O)C2O)C(O)C1O)C(O)/C=C/CCCCCCCCCCC. The maximum absolute atomic E-state index is 13.2. The number of carbonyl (C=O) groups excluding carboxylic acids is 1. The predicted molar refractivity (Wildman–Crippen MR) is 341 cm³/mol. The molecule has 0 radical (unpaired) electrons. The van der Waals surface area contributed by atoms with Gasteiger partial charge in [0.15, 0.2) is 12.6 Å². The lowest BCUT2D eigenvalue weighted by Gasteiger charge is -2.46. The molecule has 2 saturated heterocycles. The van der Waals surface area contributed by atoms with Crippen molar-refractivity contribution < 1.29 is 64.6 Å². The number of aliphatic hydroxyl groups is 8. The van der Waals surface area contributed by atoms with Crippen LogP contribution in [-0.4, -0.2) is 140 Å². The third kappa shape index (κ3) is 37.4. The number of ether oxygens (including phenoxy) is 4. The largest absolute Gasteiger partial charge is 0.394 e. The maximum atomic E-state index is 13.2. The molecule has 14 nitrogen and oxygen atoms in total. The first kappa shape index (κ1) is 76.0. The Morgan fingerprint density at radius 3 is 1.26 bits per heavy atom. The Morgan fingerprint density at radius 2 is 0.821 bits per heavy atom. The Kier molecular flexibility index (Phi) is 48.1. The molecule has 2 rings (SSSR count). The number of allylic oxidation sites excluding steroid dienone is 23. The standard InChI is InChI=1S/C70H113NO13/c1-3-5-7-9-11-13-15-16-17-18-19-20-21-22-23-24-25-26-27-28-29-30-31-32-33-34-35-36-37-38-39-40-41-42-44-46-48-50-52-54-62(75)71-58(59(74)53-51-49-47-45-43-14-12-10-8-6-4-2)57-81-69-67(80)65(78)68(61(56-73)83-69)84-70-66(79)64(77)63(76)60(55-72)82-70/h5,7,11,13,16-17,19-20,22-23,25-26,28-29,31-32,34-35,37-38,40-41,51,53,58-61,63-70,72-74,76-80H,3-4,6,8-10,12,14-15,18,21,24,27,30,33,36,39,42-50,52,54-57H2,1-2H3,(H,71,75)/b7-5-,13-11-,17-16-,20-19-,23-22-,26-25-,29-28-,32-31-,35-34-,38-37-,41-40-,53-51+. The highest BCUT2D eigenvalue weighted by Crippen LogP contribution is 2.30. The van der Waals surface area contributed by atoms with E-state index in [9.17, 15) is 45.6 Å². The second-order valence-corrected chi connectivity index (χ2v) is 21.8. The molecule has 2 aliphatic heterocycles. The average Bonchev–Trinajstić information content (AvgIpc) is 3.59. The van der Waals surface area contributed by atoms with Gasteiger partial charge in [-0.1, -0.05) is 230 Å². The third-order valence-electron chi connectivity index (χ3n) is 14.5. The summed E-state index contributed by atoms with van der Waals surface area (Å²) in [7, 11) is 0. The van der Waals surface area contributed by atoms with Gasteiger partial charge in [0.25, 0.3) is 0 Å². The molecule has 84 heavy (non-hydrogen) atoms. The lowest BCUT2D eigenvalue weighted by molar-refractivity contribution is -0.359. The molecule has 0 aliphatic carbocycles. The molecule has 9 N–H and O–H groups in total. The van der Waals surface area contributed by atoms with Gasteiger partial charge in [-0.15, -0.1) is 0 Å². The van der Waals surface area contributed by atoms with Gasteiger partial charge in [-0.2, -0.15) is 0 Å². The van der Waals surface area contributed by atoms with Gasteiger partial charge in [-0.3, -0.25) is 4.79 Å². The molecule has 12 atom stereocenters. The minimum atomic E-state index is -1.80. The molecule has 2 fully saturated rings. The van der Waals surface area contributed by atoms with Crippen molar-refractivity contribution in [3.8, 4) is 0 Å². The molecule has 12 unspecified atom stereocenters. The summed E-state index contributed by atoms with van der Waals surface area (Å²) in [6.45, 7) is 2.62. The maximum Gasteiger partial charge on any atom is 0.220 e.